The predicted octanol–water partition coefficient (Wildman–Crippen LogP) is 5.55. The molecule has 1 atom stereocenters. The molecule has 4 aromatic rings. The molecule has 4 rings (SSSR count). The number of benzene rings is 3. The summed E-state index contributed by atoms with van der Waals surface area (Å²) >= 11 is 0. The molecule has 0 spiro atoms. The largest absolute Gasteiger partial charge is 0.345 e. The summed E-state index contributed by atoms with van der Waals surface area (Å²) in [6.07, 6.45) is 0.777. The normalized spacial score (nSPS) is 12.1. The monoisotopic (exact) mass is 419 g/mol. The third-order valence-corrected chi connectivity index (χ3v) is 5.37. The number of hydrogen-bond acceptors (Lipinski definition) is 2. The lowest BCUT2D eigenvalue weighted by Crippen LogP contribution is -2.28. The van der Waals surface area contributed by atoms with Gasteiger partial charge in [0.05, 0.1) is 23.8 Å². The van der Waals surface area contributed by atoms with Crippen LogP contribution in [0.3, 0.4) is 0 Å². The Morgan fingerprint density at radius 1 is 1.03 bits per heavy atom. The Balaban J connectivity index is 1.59. The van der Waals surface area contributed by atoms with Crippen LogP contribution < -0.4 is 5.32 Å². The first-order chi connectivity index (χ1) is 14.9. The van der Waals surface area contributed by atoms with Gasteiger partial charge in [0.25, 0.3) is 5.91 Å². The van der Waals surface area contributed by atoms with Crippen LogP contribution in [-0.4, -0.2) is 15.7 Å². The van der Waals surface area contributed by atoms with Crippen molar-refractivity contribution in [1.82, 2.24) is 15.1 Å². The van der Waals surface area contributed by atoms with Gasteiger partial charge in [0, 0.05) is 17.0 Å². The maximum absolute atomic E-state index is 13.5. The third kappa shape index (κ3) is 4.48. The Hall–Kier alpha value is -3.54. The van der Waals surface area contributed by atoms with Gasteiger partial charge in [-0.05, 0) is 54.8 Å². The molecule has 6 heteroatoms. The van der Waals surface area contributed by atoms with E-state index in [9.17, 15) is 13.6 Å². The molecule has 0 saturated heterocycles. The lowest BCUT2D eigenvalue weighted by atomic mass is 10.0. The van der Waals surface area contributed by atoms with Crippen LogP contribution in [0.1, 0.15) is 46.6 Å². The number of hydrogen-bond donors (Lipinski definition) is 1. The predicted molar refractivity (Wildman–Crippen MR) is 117 cm³/mol. The Kier molecular flexibility index (Phi) is 5.80. The topological polar surface area (TPSA) is 46.9 Å². The van der Waals surface area contributed by atoms with Crippen LogP contribution >= 0.6 is 0 Å². The van der Waals surface area contributed by atoms with Crippen LogP contribution in [0, 0.1) is 18.6 Å². The van der Waals surface area contributed by atoms with Gasteiger partial charge in [-0.2, -0.15) is 5.10 Å². The van der Waals surface area contributed by atoms with Crippen molar-refractivity contribution in [2.45, 2.75) is 32.9 Å². The van der Waals surface area contributed by atoms with E-state index in [1.54, 1.807) is 10.7 Å². The number of aromatic nitrogens is 2. The first kappa shape index (κ1) is 20.7. The number of nitrogens with one attached hydrogen (secondary N) is 1. The fourth-order valence-electron chi connectivity index (χ4n) is 3.82. The fraction of sp³-hybridized carbons (Fsp3) is 0.200. The molecule has 1 N–H and O–H groups in total. The summed E-state index contributed by atoms with van der Waals surface area (Å²) in [5, 5.41) is 8.43. The molecule has 4 nitrogen and oxygen atoms in total. The molecule has 31 heavy (non-hydrogen) atoms. The van der Waals surface area contributed by atoms with Gasteiger partial charge in [-0.15, -0.1) is 0 Å². The minimum atomic E-state index is -0.619. The van der Waals surface area contributed by atoms with Crippen molar-refractivity contribution in [1.29, 1.82) is 0 Å². The number of fused-ring (bicyclic) bond motifs is 1. The molecule has 1 amide bonds. The van der Waals surface area contributed by atoms with Crippen LogP contribution in [0.5, 0.6) is 0 Å². The highest BCUT2D eigenvalue weighted by Crippen LogP contribution is 2.23. The quantitative estimate of drug-likeness (QED) is 0.445. The summed E-state index contributed by atoms with van der Waals surface area (Å²) in [5.41, 5.74) is 3.63. The van der Waals surface area contributed by atoms with Crippen LogP contribution in [-0.2, 0) is 6.54 Å². The molecule has 158 valence electrons. The SMILES string of the molecule is CC[C@H](NC(=O)c1ccc2c(c1)c(C)nn2Cc1cc(F)cc(F)c1)c1ccccc1. The van der Waals surface area contributed by atoms with Crippen molar-refractivity contribution in [3.8, 4) is 0 Å². The number of amides is 1. The average molecular weight is 419 g/mol. The maximum Gasteiger partial charge on any atom is 0.251 e. The maximum atomic E-state index is 13.5. The standard InChI is InChI=1S/C25H23F2N3O/c1-3-23(18-7-5-4-6-8-18)28-25(31)19-9-10-24-22(13-19)16(2)29-30(24)15-17-11-20(26)14-21(27)12-17/h4-14,23H,3,15H2,1-2H3,(H,28,31)/t23-/m0/s1. The van der Waals surface area contributed by atoms with Crippen LogP contribution in [0.4, 0.5) is 8.78 Å². The van der Waals surface area contributed by atoms with E-state index < -0.39 is 11.6 Å². The first-order valence-corrected chi connectivity index (χ1v) is 10.2. The highest BCUT2D eigenvalue weighted by Gasteiger charge is 2.16. The van der Waals surface area contributed by atoms with E-state index in [0.717, 1.165) is 34.6 Å². The molecule has 1 heterocycles. The second-order valence-corrected chi connectivity index (χ2v) is 7.60. The summed E-state index contributed by atoms with van der Waals surface area (Å²) in [5.74, 6) is -1.39. The Labute approximate surface area is 179 Å². The second-order valence-electron chi connectivity index (χ2n) is 7.60. The smallest absolute Gasteiger partial charge is 0.251 e. The lowest BCUT2D eigenvalue weighted by Gasteiger charge is -2.17. The number of halogens is 2. The number of carbonyl (C=O) groups excluding carboxylic acids is 1. The second kappa shape index (κ2) is 8.68. The highest BCUT2D eigenvalue weighted by molar-refractivity contribution is 5.98. The molecule has 0 aliphatic carbocycles. The molecule has 0 aliphatic heterocycles. The third-order valence-electron chi connectivity index (χ3n) is 5.37. The van der Waals surface area contributed by atoms with Gasteiger partial charge in [0.2, 0.25) is 0 Å². The lowest BCUT2D eigenvalue weighted by molar-refractivity contribution is 0.0935. The summed E-state index contributed by atoms with van der Waals surface area (Å²) in [6.45, 7) is 4.12. The number of rotatable bonds is 6. The van der Waals surface area contributed by atoms with Crippen molar-refractivity contribution in [3.05, 3.63) is 101 Å². The molecule has 0 unspecified atom stereocenters. The zero-order valence-corrected chi connectivity index (χ0v) is 17.4. The van der Waals surface area contributed by atoms with Gasteiger partial charge in [0.15, 0.2) is 0 Å². The van der Waals surface area contributed by atoms with E-state index in [4.69, 9.17) is 0 Å². The number of aryl methyl sites for hydroxylation is 1. The van der Waals surface area contributed by atoms with Crippen LogP contribution in [0.25, 0.3) is 10.9 Å². The van der Waals surface area contributed by atoms with E-state index in [1.165, 1.54) is 12.1 Å². The molecule has 0 bridgehead atoms. The van der Waals surface area contributed by atoms with E-state index >= 15 is 0 Å². The zero-order valence-electron chi connectivity index (χ0n) is 17.4. The molecule has 0 aliphatic rings. The van der Waals surface area contributed by atoms with E-state index in [-0.39, 0.29) is 18.5 Å². The Bertz CT molecular complexity index is 1210. The highest BCUT2D eigenvalue weighted by atomic mass is 19.1. The number of carbonyl (C=O) groups is 1. The van der Waals surface area contributed by atoms with Crippen molar-refractivity contribution >= 4 is 16.8 Å². The van der Waals surface area contributed by atoms with Gasteiger partial charge < -0.3 is 5.32 Å². The van der Waals surface area contributed by atoms with Gasteiger partial charge >= 0.3 is 0 Å². The minimum Gasteiger partial charge on any atom is -0.345 e. The molecular formula is C25H23F2N3O. The summed E-state index contributed by atoms with van der Waals surface area (Å²) in [6, 6.07) is 18.6. The number of nitrogens with zero attached hydrogens (tertiary/aromatic N) is 2. The average Bonchev–Trinajstić information content (AvgIpc) is 3.06. The fourth-order valence-corrected chi connectivity index (χ4v) is 3.82. The van der Waals surface area contributed by atoms with E-state index in [2.05, 4.69) is 10.4 Å². The van der Waals surface area contributed by atoms with E-state index in [1.807, 2.05) is 56.3 Å². The minimum absolute atomic E-state index is 0.0731. The Morgan fingerprint density at radius 3 is 2.42 bits per heavy atom. The molecule has 1 aromatic heterocycles. The molecule has 0 saturated carbocycles. The van der Waals surface area contributed by atoms with Crippen LogP contribution in [0.15, 0.2) is 66.7 Å². The van der Waals surface area contributed by atoms with Gasteiger partial charge in [-0.1, -0.05) is 37.3 Å². The van der Waals surface area contributed by atoms with Crippen molar-refractivity contribution in [2.24, 2.45) is 0 Å². The molecular weight excluding hydrogens is 396 g/mol. The van der Waals surface area contributed by atoms with Crippen molar-refractivity contribution in [3.63, 3.8) is 0 Å². The molecule has 0 radical (unpaired) electrons. The van der Waals surface area contributed by atoms with Gasteiger partial charge in [-0.3, -0.25) is 9.48 Å². The van der Waals surface area contributed by atoms with Gasteiger partial charge in [0.1, 0.15) is 11.6 Å². The van der Waals surface area contributed by atoms with Crippen molar-refractivity contribution < 1.29 is 13.6 Å². The Morgan fingerprint density at radius 2 is 1.74 bits per heavy atom. The van der Waals surface area contributed by atoms with E-state index in [0.29, 0.717) is 11.1 Å². The van der Waals surface area contributed by atoms with Crippen LogP contribution in [0.2, 0.25) is 0 Å². The van der Waals surface area contributed by atoms with Crippen molar-refractivity contribution in [2.75, 3.05) is 0 Å². The summed E-state index contributed by atoms with van der Waals surface area (Å²) in [7, 11) is 0. The van der Waals surface area contributed by atoms with Gasteiger partial charge in [-0.25, -0.2) is 8.78 Å². The molecule has 3 aromatic carbocycles. The first-order valence-electron chi connectivity index (χ1n) is 10.2. The zero-order chi connectivity index (χ0) is 22.0. The molecule has 0 fully saturated rings. The summed E-state index contributed by atoms with van der Waals surface area (Å²) in [4.78, 5) is 12.9. The summed E-state index contributed by atoms with van der Waals surface area (Å²) < 4.78 is 28.8.